The Bertz CT molecular complexity index is 1400. The van der Waals surface area contributed by atoms with Gasteiger partial charge in [0.15, 0.2) is 10.9 Å². The number of fused-ring (bicyclic) bond motifs is 1. The van der Waals surface area contributed by atoms with Gasteiger partial charge in [0, 0.05) is 17.3 Å². The van der Waals surface area contributed by atoms with Crippen molar-refractivity contribution in [3.05, 3.63) is 88.7 Å². The number of anilines is 1. The number of ether oxygens (including phenoxy) is 1. The van der Waals surface area contributed by atoms with Gasteiger partial charge in [-0.25, -0.2) is 4.98 Å². The lowest BCUT2D eigenvalue weighted by Gasteiger charge is -2.14. The highest BCUT2D eigenvalue weighted by Crippen LogP contribution is 2.24. The van der Waals surface area contributed by atoms with E-state index in [1.54, 1.807) is 73.8 Å². The molecule has 0 aliphatic carbocycles. The van der Waals surface area contributed by atoms with Crippen LogP contribution in [0.4, 0.5) is 5.69 Å². The minimum absolute atomic E-state index is 0.0404. The Kier molecular flexibility index (Phi) is 6.55. The number of aromatic nitrogens is 2. The van der Waals surface area contributed by atoms with Gasteiger partial charge in [-0.05, 0) is 55.5 Å². The molecule has 0 fully saturated rings. The Balaban J connectivity index is 1.63. The maximum atomic E-state index is 13.3. The third kappa shape index (κ3) is 4.96. The van der Waals surface area contributed by atoms with Crippen molar-refractivity contribution in [2.24, 2.45) is 0 Å². The normalized spacial score (nSPS) is 10.7. The van der Waals surface area contributed by atoms with Crippen LogP contribution in [0.1, 0.15) is 17.3 Å². The number of hydrogen-bond donors (Lipinski definition) is 1. The van der Waals surface area contributed by atoms with Crippen LogP contribution in [0.5, 0.6) is 5.75 Å². The topological polar surface area (TPSA) is 90.3 Å². The largest absolute Gasteiger partial charge is 0.497 e. The number of carbonyl (C=O) groups excluding carboxylic acids is 2. The highest BCUT2D eigenvalue weighted by molar-refractivity contribution is 7.99. The van der Waals surface area contributed by atoms with Gasteiger partial charge >= 0.3 is 0 Å². The molecule has 166 valence electrons. The number of amides is 1. The molecular weight excluding hydrogens is 438 g/mol. The number of hydrogen-bond acceptors (Lipinski definition) is 6. The molecule has 0 atom stereocenters. The Labute approximate surface area is 194 Å². The van der Waals surface area contributed by atoms with E-state index in [4.69, 9.17) is 4.74 Å². The summed E-state index contributed by atoms with van der Waals surface area (Å²) in [7, 11) is 1.56. The minimum Gasteiger partial charge on any atom is -0.497 e. The Morgan fingerprint density at radius 1 is 1.03 bits per heavy atom. The summed E-state index contributed by atoms with van der Waals surface area (Å²) < 4.78 is 6.79. The fourth-order valence-electron chi connectivity index (χ4n) is 3.30. The molecule has 0 saturated carbocycles. The number of nitrogens with zero attached hydrogens (tertiary/aromatic N) is 2. The zero-order chi connectivity index (χ0) is 23.4. The van der Waals surface area contributed by atoms with E-state index in [1.165, 1.54) is 11.5 Å². The van der Waals surface area contributed by atoms with E-state index >= 15 is 0 Å². The quantitative estimate of drug-likeness (QED) is 0.251. The second-order valence-electron chi connectivity index (χ2n) is 7.22. The third-order valence-corrected chi connectivity index (χ3v) is 5.90. The van der Waals surface area contributed by atoms with Crippen molar-refractivity contribution in [3.8, 4) is 11.4 Å². The summed E-state index contributed by atoms with van der Waals surface area (Å²) in [6.07, 6.45) is 0. The zero-order valence-electron chi connectivity index (χ0n) is 18.1. The fraction of sp³-hybridized carbons (Fsp3) is 0.120. The first-order valence-corrected chi connectivity index (χ1v) is 11.1. The van der Waals surface area contributed by atoms with Crippen LogP contribution in [0.25, 0.3) is 16.6 Å². The number of benzene rings is 3. The van der Waals surface area contributed by atoms with Gasteiger partial charge in [-0.3, -0.25) is 19.0 Å². The highest BCUT2D eigenvalue weighted by Gasteiger charge is 2.15. The van der Waals surface area contributed by atoms with Gasteiger partial charge in [-0.1, -0.05) is 30.0 Å². The lowest BCUT2D eigenvalue weighted by Crippen LogP contribution is -2.23. The van der Waals surface area contributed by atoms with Crippen LogP contribution in [0.15, 0.2) is 82.7 Å². The maximum Gasteiger partial charge on any atom is 0.266 e. The first kappa shape index (κ1) is 22.3. The standard InChI is InChI=1S/C25H21N3O4S/c1-16(29)17-10-12-18(13-11-17)26-23(30)15-33-25-27-22-9-4-3-8-21(22)24(31)28(25)19-6-5-7-20(14-19)32-2/h3-14H,15H2,1-2H3,(H,26,30). The molecule has 0 saturated heterocycles. The first-order chi connectivity index (χ1) is 16.0. The third-order valence-electron chi connectivity index (χ3n) is 4.96. The lowest BCUT2D eigenvalue weighted by molar-refractivity contribution is -0.113. The van der Waals surface area contributed by atoms with Crippen LogP contribution >= 0.6 is 11.8 Å². The van der Waals surface area contributed by atoms with Crippen molar-refractivity contribution in [1.29, 1.82) is 0 Å². The van der Waals surface area contributed by atoms with E-state index in [0.717, 1.165) is 11.8 Å². The van der Waals surface area contributed by atoms with Crippen molar-refractivity contribution in [2.75, 3.05) is 18.2 Å². The molecule has 4 rings (SSSR count). The van der Waals surface area contributed by atoms with Crippen molar-refractivity contribution in [3.63, 3.8) is 0 Å². The number of Topliss-reactive ketones (excluding diaryl/α,β-unsaturated/α-hetero) is 1. The fourth-order valence-corrected chi connectivity index (χ4v) is 4.11. The number of thioether (sulfide) groups is 1. The Hall–Kier alpha value is -3.91. The molecule has 4 aromatic rings. The van der Waals surface area contributed by atoms with Crippen LogP contribution in [0, 0.1) is 0 Å². The number of para-hydroxylation sites is 1. The number of ketones is 1. The summed E-state index contributed by atoms with van der Waals surface area (Å²) in [4.78, 5) is 41.9. The predicted octanol–water partition coefficient (Wildman–Crippen LogP) is 4.33. The monoisotopic (exact) mass is 459 g/mol. The molecule has 0 bridgehead atoms. The van der Waals surface area contributed by atoms with Crippen LogP contribution in [0.2, 0.25) is 0 Å². The average Bonchev–Trinajstić information content (AvgIpc) is 2.83. The van der Waals surface area contributed by atoms with Gasteiger partial charge in [-0.2, -0.15) is 0 Å². The van der Waals surface area contributed by atoms with Gasteiger partial charge < -0.3 is 10.1 Å². The molecule has 0 aliphatic heterocycles. The molecule has 33 heavy (non-hydrogen) atoms. The molecule has 0 aliphatic rings. The summed E-state index contributed by atoms with van der Waals surface area (Å²) in [5.74, 6) is 0.357. The van der Waals surface area contributed by atoms with Crippen LogP contribution < -0.4 is 15.6 Å². The molecule has 7 nitrogen and oxygen atoms in total. The van der Waals surface area contributed by atoms with Gasteiger partial charge in [0.2, 0.25) is 5.91 Å². The van der Waals surface area contributed by atoms with Gasteiger partial charge in [-0.15, -0.1) is 0 Å². The number of carbonyl (C=O) groups is 2. The summed E-state index contributed by atoms with van der Waals surface area (Å²) >= 11 is 1.16. The van der Waals surface area contributed by atoms with Crippen LogP contribution in [-0.4, -0.2) is 34.1 Å². The molecule has 3 aromatic carbocycles. The molecule has 0 spiro atoms. The summed E-state index contributed by atoms with van der Waals surface area (Å²) in [6.45, 7) is 1.49. The Morgan fingerprint density at radius 2 is 1.79 bits per heavy atom. The highest BCUT2D eigenvalue weighted by atomic mass is 32.2. The van der Waals surface area contributed by atoms with Crippen molar-refractivity contribution < 1.29 is 14.3 Å². The van der Waals surface area contributed by atoms with Gasteiger partial charge in [0.1, 0.15) is 5.75 Å². The first-order valence-electron chi connectivity index (χ1n) is 10.2. The summed E-state index contributed by atoms with van der Waals surface area (Å²) in [6, 6.07) is 20.9. The van der Waals surface area contributed by atoms with E-state index < -0.39 is 0 Å². The molecule has 1 heterocycles. The van der Waals surface area contributed by atoms with E-state index in [0.29, 0.717) is 38.7 Å². The van der Waals surface area contributed by atoms with Crippen molar-refractivity contribution in [2.45, 2.75) is 12.1 Å². The van der Waals surface area contributed by atoms with Crippen molar-refractivity contribution in [1.82, 2.24) is 9.55 Å². The molecule has 0 unspecified atom stereocenters. The zero-order valence-corrected chi connectivity index (χ0v) is 18.9. The van der Waals surface area contributed by atoms with Gasteiger partial charge in [0.25, 0.3) is 5.56 Å². The second-order valence-corrected chi connectivity index (χ2v) is 8.17. The Morgan fingerprint density at radius 3 is 2.52 bits per heavy atom. The van der Waals surface area contributed by atoms with Crippen molar-refractivity contribution >= 4 is 40.0 Å². The SMILES string of the molecule is COc1cccc(-n2c(SCC(=O)Nc3ccc(C(C)=O)cc3)nc3ccccc3c2=O)c1. The molecule has 1 amide bonds. The summed E-state index contributed by atoms with van der Waals surface area (Å²) in [5, 5.41) is 3.68. The van der Waals surface area contributed by atoms with Crippen LogP contribution in [-0.2, 0) is 4.79 Å². The number of methoxy groups -OCH3 is 1. The smallest absolute Gasteiger partial charge is 0.266 e. The van der Waals surface area contributed by atoms with E-state index in [1.807, 2.05) is 6.07 Å². The number of nitrogens with one attached hydrogen (secondary N) is 1. The maximum absolute atomic E-state index is 13.3. The second kappa shape index (κ2) is 9.70. The molecule has 1 aromatic heterocycles. The predicted molar refractivity (Wildman–Crippen MR) is 130 cm³/mol. The lowest BCUT2D eigenvalue weighted by atomic mass is 10.1. The van der Waals surface area contributed by atoms with E-state index in [9.17, 15) is 14.4 Å². The molecular formula is C25H21N3O4S. The molecule has 1 N–H and O–H groups in total. The van der Waals surface area contributed by atoms with E-state index in [2.05, 4.69) is 10.3 Å². The van der Waals surface area contributed by atoms with Crippen LogP contribution in [0.3, 0.4) is 0 Å². The van der Waals surface area contributed by atoms with Gasteiger partial charge in [0.05, 0.1) is 29.5 Å². The van der Waals surface area contributed by atoms with E-state index in [-0.39, 0.29) is 23.0 Å². The molecule has 0 radical (unpaired) electrons. The summed E-state index contributed by atoms with van der Waals surface area (Å²) in [5.41, 5.74) is 2.09. The number of rotatable bonds is 7. The average molecular weight is 460 g/mol. The molecule has 8 heteroatoms. The minimum atomic E-state index is -0.254.